The topological polar surface area (TPSA) is 74.8 Å². The standard InChI is InChI=1S/C24H28F2N4O3S/c1-16-22(34-17(2)28-16)23(32)30-9-7-24(25,26)19(18-5-3-4-6-20(18)30)15-21(31)27-8-10-29-11-13-33-14-12-29/h3-6,15H,7-14H2,1-2H3,(H,27,31). The number of amides is 2. The van der Waals surface area contributed by atoms with Crippen molar-refractivity contribution in [3.63, 3.8) is 0 Å². The summed E-state index contributed by atoms with van der Waals surface area (Å²) in [6.07, 6.45) is 0.394. The number of anilines is 1. The van der Waals surface area contributed by atoms with Crippen molar-refractivity contribution >= 4 is 34.4 Å². The van der Waals surface area contributed by atoms with Crippen LogP contribution in [-0.2, 0) is 9.53 Å². The van der Waals surface area contributed by atoms with Crippen LogP contribution < -0.4 is 10.2 Å². The second-order valence-corrected chi connectivity index (χ2v) is 9.58. The summed E-state index contributed by atoms with van der Waals surface area (Å²) >= 11 is 1.25. The molecule has 10 heteroatoms. The number of rotatable bonds is 5. The molecule has 2 aliphatic heterocycles. The summed E-state index contributed by atoms with van der Waals surface area (Å²) in [6.45, 7) is 7.21. The Hall–Kier alpha value is -2.69. The average molecular weight is 491 g/mol. The first-order valence-electron chi connectivity index (χ1n) is 11.3. The summed E-state index contributed by atoms with van der Waals surface area (Å²) < 4.78 is 35.9. The van der Waals surface area contributed by atoms with Crippen molar-refractivity contribution in [3.8, 4) is 0 Å². The SMILES string of the molecule is Cc1nc(C)c(C(=O)N2CCC(F)(F)C(=CC(=O)NCCN3CCOCC3)c3ccccc32)s1. The molecule has 0 atom stereocenters. The molecule has 4 rings (SSSR count). The minimum absolute atomic E-state index is 0.171. The van der Waals surface area contributed by atoms with E-state index in [0.29, 0.717) is 42.6 Å². The van der Waals surface area contributed by atoms with Gasteiger partial charge in [0, 0.05) is 56.4 Å². The van der Waals surface area contributed by atoms with Crippen LogP contribution in [0.4, 0.5) is 14.5 Å². The number of allylic oxidation sites excluding steroid dienone is 1. The molecule has 0 aliphatic carbocycles. The predicted molar refractivity (Wildman–Crippen MR) is 128 cm³/mol. The van der Waals surface area contributed by atoms with E-state index in [4.69, 9.17) is 4.74 Å². The van der Waals surface area contributed by atoms with Crippen molar-refractivity contribution < 1.29 is 23.1 Å². The van der Waals surface area contributed by atoms with Crippen LogP contribution in [-0.4, -0.2) is 73.6 Å². The monoisotopic (exact) mass is 490 g/mol. The molecule has 1 saturated heterocycles. The molecule has 34 heavy (non-hydrogen) atoms. The van der Waals surface area contributed by atoms with E-state index in [-0.39, 0.29) is 23.6 Å². The molecular weight excluding hydrogens is 462 g/mol. The fourth-order valence-corrected chi connectivity index (χ4v) is 5.10. The van der Waals surface area contributed by atoms with Crippen LogP contribution in [0.5, 0.6) is 0 Å². The lowest BCUT2D eigenvalue weighted by Crippen LogP contribution is -2.41. The second-order valence-electron chi connectivity index (χ2n) is 8.38. The largest absolute Gasteiger partial charge is 0.379 e. The molecular formula is C24H28F2N4O3S. The molecule has 2 amide bonds. The van der Waals surface area contributed by atoms with Crippen LogP contribution in [0.15, 0.2) is 30.3 Å². The molecule has 2 aliphatic rings. The van der Waals surface area contributed by atoms with Crippen molar-refractivity contribution in [1.82, 2.24) is 15.2 Å². The number of hydrogen-bond acceptors (Lipinski definition) is 6. The van der Waals surface area contributed by atoms with Crippen LogP contribution >= 0.6 is 11.3 Å². The molecule has 0 saturated carbocycles. The average Bonchev–Trinajstić information content (AvgIpc) is 3.11. The van der Waals surface area contributed by atoms with E-state index in [2.05, 4.69) is 15.2 Å². The minimum atomic E-state index is -3.27. The molecule has 1 aromatic carbocycles. The summed E-state index contributed by atoms with van der Waals surface area (Å²) in [6, 6.07) is 6.51. The smallest absolute Gasteiger partial charge is 0.275 e. The summed E-state index contributed by atoms with van der Waals surface area (Å²) in [4.78, 5) is 34.2. The van der Waals surface area contributed by atoms with Crippen molar-refractivity contribution in [2.45, 2.75) is 26.2 Å². The van der Waals surface area contributed by atoms with Gasteiger partial charge in [0.1, 0.15) is 4.88 Å². The normalized spacial score (nSPS) is 19.5. The number of halogens is 2. The maximum absolute atomic E-state index is 15.3. The Balaban J connectivity index is 1.58. The number of fused-ring (bicyclic) bond motifs is 1. The zero-order valence-corrected chi connectivity index (χ0v) is 20.1. The number of benzene rings is 1. The first-order chi connectivity index (χ1) is 16.3. The van der Waals surface area contributed by atoms with Gasteiger partial charge in [0.2, 0.25) is 5.91 Å². The Morgan fingerprint density at radius 3 is 2.65 bits per heavy atom. The number of ether oxygens (including phenoxy) is 1. The van der Waals surface area contributed by atoms with Crippen LogP contribution in [0.2, 0.25) is 0 Å². The van der Waals surface area contributed by atoms with Crippen molar-refractivity contribution in [1.29, 1.82) is 0 Å². The summed E-state index contributed by atoms with van der Waals surface area (Å²) in [5, 5.41) is 3.46. The van der Waals surface area contributed by atoms with Crippen LogP contribution in [0.1, 0.15) is 32.4 Å². The van der Waals surface area contributed by atoms with Crippen molar-refractivity contribution in [2.24, 2.45) is 0 Å². The third-order valence-electron chi connectivity index (χ3n) is 5.98. The molecule has 7 nitrogen and oxygen atoms in total. The van der Waals surface area contributed by atoms with E-state index in [1.165, 1.54) is 22.3 Å². The van der Waals surface area contributed by atoms with Gasteiger partial charge in [0.05, 0.1) is 29.6 Å². The number of carbonyl (C=O) groups is 2. The number of carbonyl (C=O) groups excluding carboxylic acids is 2. The van der Waals surface area contributed by atoms with Gasteiger partial charge < -0.3 is 15.0 Å². The number of morpholine rings is 1. The zero-order chi connectivity index (χ0) is 24.3. The quantitative estimate of drug-likeness (QED) is 0.652. The van der Waals surface area contributed by atoms with Gasteiger partial charge in [-0.25, -0.2) is 13.8 Å². The first kappa shape index (κ1) is 24.4. The van der Waals surface area contributed by atoms with Gasteiger partial charge in [-0.3, -0.25) is 14.5 Å². The Labute approximate surface area is 201 Å². The zero-order valence-electron chi connectivity index (χ0n) is 19.3. The highest BCUT2D eigenvalue weighted by atomic mass is 32.1. The van der Waals surface area contributed by atoms with Gasteiger partial charge in [-0.2, -0.15) is 0 Å². The highest BCUT2D eigenvalue weighted by Gasteiger charge is 2.41. The number of nitrogens with zero attached hydrogens (tertiary/aromatic N) is 3. The van der Waals surface area contributed by atoms with Crippen LogP contribution in [0.25, 0.3) is 5.57 Å². The Kier molecular flexibility index (Phi) is 7.39. The van der Waals surface area contributed by atoms with E-state index in [1.54, 1.807) is 32.0 Å². The molecule has 0 spiro atoms. The van der Waals surface area contributed by atoms with Gasteiger partial charge in [0.15, 0.2) is 0 Å². The number of para-hydroxylation sites is 1. The van der Waals surface area contributed by atoms with Gasteiger partial charge in [-0.1, -0.05) is 18.2 Å². The van der Waals surface area contributed by atoms with Gasteiger partial charge in [-0.05, 0) is 19.9 Å². The highest BCUT2D eigenvalue weighted by Crippen LogP contribution is 2.43. The van der Waals surface area contributed by atoms with Gasteiger partial charge >= 0.3 is 0 Å². The van der Waals surface area contributed by atoms with Crippen molar-refractivity contribution in [3.05, 3.63) is 51.5 Å². The van der Waals surface area contributed by atoms with E-state index in [1.807, 2.05) is 0 Å². The molecule has 182 valence electrons. The maximum atomic E-state index is 15.3. The fraction of sp³-hybridized carbons (Fsp3) is 0.458. The molecule has 2 aromatic rings. The van der Waals surface area contributed by atoms with Crippen molar-refractivity contribution in [2.75, 3.05) is 50.8 Å². The number of hydrogen-bond donors (Lipinski definition) is 1. The predicted octanol–water partition coefficient (Wildman–Crippen LogP) is 3.28. The van der Waals surface area contributed by atoms with E-state index >= 15 is 8.78 Å². The Morgan fingerprint density at radius 1 is 1.21 bits per heavy atom. The molecule has 0 unspecified atom stereocenters. The third kappa shape index (κ3) is 5.34. The molecule has 3 heterocycles. The van der Waals surface area contributed by atoms with E-state index in [9.17, 15) is 9.59 Å². The second kappa shape index (κ2) is 10.3. The van der Waals surface area contributed by atoms with E-state index in [0.717, 1.165) is 24.2 Å². The highest BCUT2D eigenvalue weighted by molar-refractivity contribution is 7.13. The number of alkyl halides is 2. The molecule has 0 radical (unpaired) electrons. The number of aromatic nitrogens is 1. The fourth-order valence-electron chi connectivity index (χ4n) is 4.23. The minimum Gasteiger partial charge on any atom is -0.379 e. The molecule has 1 fully saturated rings. The summed E-state index contributed by atoms with van der Waals surface area (Å²) in [5.41, 5.74) is 0.749. The number of thiazole rings is 1. The lowest BCUT2D eigenvalue weighted by atomic mass is 9.97. The Bertz CT molecular complexity index is 1100. The molecule has 0 bridgehead atoms. The number of nitrogens with one attached hydrogen (secondary N) is 1. The molecule has 1 N–H and O–H groups in total. The van der Waals surface area contributed by atoms with Crippen LogP contribution in [0, 0.1) is 13.8 Å². The first-order valence-corrected chi connectivity index (χ1v) is 12.1. The number of aryl methyl sites for hydroxylation is 2. The lowest BCUT2D eigenvalue weighted by molar-refractivity contribution is -0.116. The Morgan fingerprint density at radius 2 is 1.94 bits per heavy atom. The lowest BCUT2D eigenvalue weighted by Gasteiger charge is -2.26. The third-order valence-corrected chi connectivity index (χ3v) is 7.04. The molecule has 1 aromatic heterocycles. The van der Waals surface area contributed by atoms with Gasteiger partial charge in [-0.15, -0.1) is 11.3 Å². The van der Waals surface area contributed by atoms with Gasteiger partial charge in [0.25, 0.3) is 11.8 Å². The summed E-state index contributed by atoms with van der Waals surface area (Å²) in [5.74, 6) is -4.21. The van der Waals surface area contributed by atoms with E-state index < -0.39 is 18.3 Å². The van der Waals surface area contributed by atoms with Crippen LogP contribution in [0.3, 0.4) is 0 Å². The maximum Gasteiger partial charge on any atom is 0.275 e. The summed E-state index contributed by atoms with van der Waals surface area (Å²) in [7, 11) is 0.